The molecule has 0 unspecified atom stereocenters. The lowest BCUT2D eigenvalue weighted by Gasteiger charge is -2.26. The normalized spacial score (nSPS) is 13.1. The van der Waals surface area contributed by atoms with Gasteiger partial charge < -0.3 is 0 Å². The lowest BCUT2D eigenvalue weighted by atomic mass is 10.0. The van der Waals surface area contributed by atoms with Crippen LogP contribution in [0.1, 0.15) is 32.6 Å². The van der Waals surface area contributed by atoms with E-state index in [1.807, 2.05) is 0 Å². The monoisotopic (exact) mass is 296 g/mol. The van der Waals surface area contributed by atoms with Crippen molar-refractivity contribution >= 4 is 16.9 Å². The van der Waals surface area contributed by atoms with Gasteiger partial charge in [0.2, 0.25) is 6.43 Å². The molecule has 1 nitrogen and oxygen atoms in total. The minimum atomic E-state index is -4.47. The van der Waals surface area contributed by atoms with Crippen LogP contribution in [0.15, 0.2) is 0 Å². The van der Waals surface area contributed by atoms with Gasteiger partial charge in [-0.05, 0) is 0 Å². The highest BCUT2D eigenvalue weighted by molar-refractivity contribution is 8.13. The highest BCUT2D eigenvalue weighted by Gasteiger charge is 2.55. The SMILES string of the molecule is CCC(=O)SCCC(F)(F)C(F)(F)CCC(F)F. The fraction of sp³-hybridized carbons (Fsp3) is 0.900. The van der Waals surface area contributed by atoms with Gasteiger partial charge in [0.15, 0.2) is 5.12 Å². The molecule has 0 aromatic carbocycles. The maximum atomic E-state index is 13.1. The van der Waals surface area contributed by atoms with Crippen LogP contribution in [-0.2, 0) is 4.79 Å². The molecule has 0 saturated carbocycles. The molecule has 18 heavy (non-hydrogen) atoms. The summed E-state index contributed by atoms with van der Waals surface area (Å²) in [7, 11) is 0. The second kappa shape index (κ2) is 7.25. The lowest BCUT2D eigenvalue weighted by Crippen LogP contribution is -2.41. The predicted octanol–water partition coefficient (Wildman–Crippen LogP) is 4.36. The molecule has 0 rings (SSSR count). The van der Waals surface area contributed by atoms with E-state index in [-0.39, 0.29) is 11.5 Å². The Morgan fingerprint density at radius 3 is 2.06 bits per heavy atom. The van der Waals surface area contributed by atoms with Crippen LogP contribution in [0.2, 0.25) is 0 Å². The van der Waals surface area contributed by atoms with Gasteiger partial charge in [0.1, 0.15) is 0 Å². The van der Waals surface area contributed by atoms with Gasteiger partial charge in [0.25, 0.3) is 0 Å². The smallest absolute Gasteiger partial charge is 0.287 e. The summed E-state index contributed by atoms with van der Waals surface area (Å²) >= 11 is 0.543. The molecule has 0 aromatic rings. The standard InChI is InChI=1S/C10H14F6OS/c1-2-8(17)18-6-5-10(15,16)9(13,14)4-3-7(11)12/h7H,2-6H2,1H3. The van der Waals surface area contributed by atoms with Gasteiger partial charge in [-0.3, -0.25) is 4.79 Å². The molecule has 0 radical (unpaired) electrons. The second-order valence-corrected chi connectivity index (χ2v) is 4.81. The van der Waals surface area contributed by atoms with Crippen molar-refractivity contribution in [1.82, 2.24) is 0 Å². The summed E-state index contributed by atoms with van der Waals surface area (Å²) in [4.78, 5) is 10.8. The number of alkyl halides is 6. The molecule has 0 bridgehead atoms. The topological polar surface area (TPSA) is 17.1 Å². The first-order valence-corrected chi connectivity index (χ1v) is 6.30. The van der Waals surface area contributed by atoms with E-state index in [9.17, 15) is 31.1 Å². The van der Waals surface area contributed by atoms with E-state index in [1.165, 1.54) is 6.92 Å². The minimum absolute atomic E-state index is 0.123. The molecule has 0 aliphatic carbocycles. The molecule has 0 amide bonds. The molecule has 0 aliphatic heterocycles. The molecule has 108 valence electrons. The van der Waals surface area contributed by atoms with E-state index >= 15 is 0 Å². The molecular formula is C10H14F6OS. The summed E-state index contributed by atoms with van der Waals surface area (Å²) in [5.41, 5.74) is 0. The van der Waals surface area contributed by atoms with Gasteiger partial charge in [-0.25, -0.2) is 8.78 Å². The van der Waals surface area contributed by atoms with Crippen molar-refractivity contribution in [1.29, 1.82) is 0 Å². The van der Waals surface area contributed by atoms with E-state index in [1.54, 1.807) is 0 Å². The molecule has 0 fully saturated rings. The Labute approximate surface area is 105 Å². The maximum Gasteiger partial charge on any atom is 0.311 e. The Balaban J connectivity index is 4.27. The van der Waals surface area contributed by atoms with Gasteiger partial charge in [0.05, 0.1) is 0 Å². The van der Waals surface area contributed by atoms with Crippen LogP contribution >= 0.6 is 11.8 Å². The van der Waals surface area contributed by atoms with Gasteiger partial charge in [-0.2, -0.15) is 17.6 Å². The predicted molar refractivity (Wildman–Crippen MR) is 57.5 cm³/mol. The molecule has 0 saturated heterocycles. The third-order valence-corrected chi connectivity index (χ3v) is 3.20. The fourth-order valence-electron chi connectivity index (χ4n) is 1.05. The zero-order chi connectivity index (χ0) is 14.4. The highest BCUT2D eigenvalue weighted by Crippen LogP contribution is 2.41. The number of rotatable bonds is 8. The number of thioether (sulfide) groups is 1. The molecule has 0 spiro atoms. The molecule has 0 aromatic heterocycles. The number of hydrogen-bond donors (Lipinski definition) is 0. The van der Waals surface area contributed by atoms with Crippen LogP contribution in [-0.4, -0.2) is 29.1 Å². The molecule has 0 N–H and O–H groups in total. The van der Waals surface area contributed by atoms with Crippen molar-refractivity contribution in [3.05, 3.63) is 0 Å². The summed E-state index contributed by atoms with van der Waals surface area (Å²) in [5.74, 6) is -9.30. The van der Waals surface area contributed by atoms with E-state index in [0.717, 1.165) is 0 Å². The van der Waals surface area contributed by atoms with Gasteiger partial charge in [-0.15, -0.1) is 0 Å². The molecule has 0 aliphatic rings. The van der Waals surface area contributed by atoms with Crippen LogP contribution in [0.5, 0.6) is 0 Å². The van der Waals surface area contributed by atoms with Crippen molar-refractivity contribution in [2.75, 3.05) is 5.75 Å². The zero-order valence-corrected chi connectivity index (χ0v) is 10.5. The second-order valence-electron chi connectivity index (χ2n) is 3.66. The summed E-state index contributed by atoms with van der Waals surface area (Å²) in [6, 6.07) is 0. The van der Waals surface area contributed by atoms with E-state index < -0.39 is 43.3 Å². The van der Waals surface area contributed by atoms with Crippen LogP contribution in [0.3, 0.4) is 0 Å². The number of carbonyl (C=O) groups is 1. The van der Waals surface area contributed by atoms with E-state index in [2.05, 4.69) is 0 Å². The summed E-state index contributed by atoms with van der Waals surface area (Å²) in [6.45, 7) is 1.52. The first-order chi connectivity index (χ1) is 8.12. The van der Waals surface area contributed by atoms with Crippen molar-refractivity contribution in [2.24, 2.45) is 0 Å². The van der Waals surface area contributed by atoms with Crippen molar-refractivity contribution in [3.8, 4) is 0 Å². The van der Waals surface area contributed by atoms with Gasteiger partial charge in [-0.1, -0.05) is 18.7 Å². The van der Waals surface area contributed by atoms with Crippen LogP contribution in [0, 0.1) is 0 Å². The highest BCUT2D eigenvalue weighted by atomic mass is 32.2. The Bertz CT molecular complexity index is 269. The molecule has 0 atom stereocenters. The Kier molecular flexibility index (Phi) is 7.09. The van der Waals surface area contributed by atoms with Gasteiger partial charge >= 0.3 is 11.8 Å². The Morgan fingerprint density at radius 1 is 1.11 bits per heavy atom. The largest absolute Gasteiger partial charge is 0.311 e. The number of carbonyl (C=O) groups excluding carboxylic acids is 1. The Morgan fingerprint density at radius 2 is 1.61 bits per heavy atom. The third-order valence-electron chi connectivity index (χ3n) is 2.18. The van der Waals surface area contributed by atoms with Crippen LogP contribution in [0.4, 0.5) is 26.3 Å². The molecule has 8 heteroatoms. The van der Waals surface area contributed by atoms with Crippen molar-refractivity contribution in [3.63, 3.8) is 0 Å². The summed E-state index contributed by atoms with van der Waals surface area (Å²) in [6.07, 6.45) is -6.96. The average Bonchev–Trinajstić information content (AvgIpc) is 2.25. The molecular weight excluding hydrogens is 282 g/mol. The maximum absolute atomic E-state index is 13.1. The summed E-state index contributed by atoms with van der Waals surface area (Å²) < 4.78 is 75.6. The summed E-state index contributed by atoms with van der Waals surface area (Å²) in [5, 5.41) is -0.373. The quantitative estimate of drug-likeness (QED) is 0.619. The van der Waals surface area contributed by atoms with E-state index in [0.29, 0.717) is 11.8 Å². The molecule has 0 heterocycles. The van der Waals surface area contributed by atoms with Gasteiger partial charge in [0, 0.05) is 31.4 Å². The number of hydrogen-bond acceptors (Lipinski definition) is 2. The first kappa shape index (κ1) is 17.6. The third kappa shape index (κ3) is 5.97. The van der Waals surface area contributed by atoms with Crippen LogP contribution in [0.25, 0.3) is 0 Å². The number of halogens is 6. The fourth-order valence-corrected chi connectivity index (χ4v) is 1.84. The first-order valence-electron chi connectivity index (χ1n) is 5.32. The Hall–Kier alpha value is -0.400. The van der Waals surface area contributed by atoms with Crippen LogP contribution < -0.4 is 0 Å². The lowest BCUT2D eigenvalue weighted by molar-refractivity contribution is -0.215. The van der Waals surface area contributed by atoms with E-state index in [4.69, 9.17) is 0 Å². The zero-order valence-electron chi connectivity index (χ0n) is 9.70. The average molecular weight is 296 g/mol. The van der Waals surface area contributed by atoms with Crippen molar-refractivity contribution < 1.29 is 31.1 Å². The minimum Gasteiger partial charge on any atom is -0.287 e. The van der Waals surface area contributed by atoms with Crippen molar-refractivity contribution in [2.45, 2.75) is 50.9 Å².